The van der Waals surface area contributed by atoms with Gasteiger partial charge >= 0.3 is 0 Å². The summed E-state index contributed by atoms with van der Waals surface area (Å²) in [7, 11) is 0. The number of rotatable bonds is 4. The highest BCUT2D eigenvalue weighted by atomic mass is 32.2. The SMILES string of the molecule is CSCc1cccc(C(=O)Nc2ncccc2O)c1. The first-order chi connectivity index (χ1) is 9.20. The molecule has 0 radical (unpaired) electrons. The molecule has 1 aromatic carbocycles. The number of carbonyl (C=O) groups is 1. The van der Waals surface area contributed by atoms with Crippen LogP contribution in [0.1, 0.15) is 15.9 Å². The Labute approximate surface area is 115 Å². The molecule has 2 rings (SSSR count). The molecule has 0 saturated heterocycles. The zero-order chi connectivity index (χ0) is 13.7. The molecule has 5 heteroatoms. The number of pyridine rings is 1. The summed E-state index contributed by atoms with van der Waals surface area (Å²) in [5, 5.41) is 12.2. The number of hydrogen-bond donors (Lipinski definition) is 2. The third-order valence-electron chi connectivity index (χ3n) is 2.52. The fourth-order valence-corrected chi connectivity index (χ4v) is 2.15. The van der Waals surface area contributed by atoms with Crippen molar-refractivity contribution in [2.45, 2.75) is 5.75 Å². The Morgan fingerprint density at radius 3 is 2.95 bits per heavy atom. The Morgan fingerprint density at radius 1 is 1.37 bits per heavy atom. The number of carbonyl (C=O) groups excluding carboxylic acids is 1. The minimum Gasteiger partial charge on any atom is -0.504 e. The van der Waals surface area contributed by atoms with Gasteiger partial charge in [-0.3, -0.25) is 4.79 Å². The lowest BCUT2D eigenvalue weighted by Gasteiger charge is -2.07. The summed E-state index contributed by atoms with van der Waals surface area (Å²) in [5.74, 6) is 0.700. The summed E-state index contributed by atoms with van der Waals surface area (Å²) >= 11 is 1.70. The van der Waals surface area contributed by atoms with Gasteiger partial charge in [0.1, 0.15) is 0 Å². The van der Waals surface area contributed by atoms with Crippen molar-refractivity contribution in [2.24, 2.45) is 0 Å². The van der Waals surface area contributed by atoms with Gasteiger partial charge in [-0.2, -0.15) is 11.8 Å². The molecule has 4 nitrogen and oxygen atoms in total. The van der Waals surface area contributed by atoms with Crippen LogP contribution >= 0.6 is 11.8 Å². The van der Waals surface area contributed by atoms with E-state index in [9.17, 15) is 9.90 Å². The molecule has 0 bridgehead atoms. The Balaban J connectivity index is 2.16. The maximum absolute atomic E-state index is 12.1. The molecule has 1 heterocycles. The third-order valence-corrected chi connectivity index (χ3v) is 3.14. The molecule has 0 aliphatic heterocycles. The van der Waals surface area contributed by atoms with Gasteiger partial charge in [0.05, 0.1) is 0 Å². The Hall–Kier alpha value is -2.01. The Kier molecular flexibility index (Phi) is 4.41. The molecule has 0 aliphatic carbocycles. The summed E-state index contributed by atoms with van der Waals surface area (Å²) < 4.78 is 0. The summed E-state index contributed by atoms with van der Waals surface area (Å²) in [6.45, 7) is 0. The van der Waals surface area contributed by atoms with Gasteiger partial charge in [0.25, 0.3) is 5.91 Å². The first kappa shape index (κ1) is 13.4. The van der Waals surface area contributed by atoms with E-state index in [0.717, 1.165) is 11.3 Å². The number of anilines is 1. The van der Waals surface area contributed by atoms with Crippen molar-refractivity contribution >= 4 is 23.5 Å². The number of nitrogens with one attached hydrogen (secondary N) is 1. The molecule has 19 heavy (non-hydrogen) atoms. The zero-order valence-electron chi connectivity index (χ0n) is 10.5. The molecular weight excluding hydrogens is 260 g/mol. The van der Waals surface area contributed by atoms with Crippen LogP contribution in [0.15, 0.2) is 42.6 Å². The predicted octanol–water partition coefficient (Wildman–Crippen LogP) is 2.90. The second-order valence-corrected chi connectivity index (χ2v) is 4.82. The highest BCUT2D eigenvalue weighted by molar-refractivity contribution is 7.97. The molecule has 1 aromatic heterocycles. The summed E-state index contributed by atoms with van der Waals surface area (Å²) in [6, 6.07) is 10.5. The average Bonchev–Trinajstić information content (AvgIpc) is 2.42. The van der Waals surface area contributed by atoms with Crippen LogP contribution < -0.4 is 5.32 Å². The van der Waals surface area contributed by atoms with E-state index in [1.54, 1.807) is 23.9 Å². The number of nitrogens with zero attached hydrogens (tertiary/aromatic N) is 1. The summed E-state index contributed by atoms with van der Waals surface area (Å²) in [4.78, 5) is 16.0. The molecular formula is C14H14N2O2S. The molecule has 98 valence electrons. The molecule has 2 N–H and O–H groups in total. The molecule has 1 amide bonds. The smallest absolute Gasteiger partial charge is 0.256 e. The molecule has 2 aromatic rings. The highest BCUT2D eigenvalue weighted by Gasteiger charge is 2.09. The monoisotopic (exact) mass is 274 g/mol. The standard InChI is InChI=1S/C14H14N2O2S/c1-19-9-10-4-2-5-11(8-10)14(18)16-13-12(17)6-3-7-15-13/h2-8,17H,9H2,1H3,(H,15,16,18). The van der Waals surface area contributed by atoms with Crippen molar-refractivity contribution in [3.05, 3.63) is 53.7 Å². The van der Waals surface area contributed by atoms with Gasteiger partial charge in [-0.1, -0.05) is 12.1 Å². The lowest BCUT2D eigenvalue weighted by molar-refractivity contribution is 0.102. The number of benzene rings is 1. The Morgan fingerprint density at radius 2 is 2.21 bits per heavy atom. The van der Waals surface area contributed by atoms with E-state index < -0.39 is 0 Å². The first-order valence-electron chi connectivity index (χ1n) is 5.74. The average molecular weight is 274 g/mol. The van der Waals surface area contributed by atoms with Crippen LogP contribution in [-0.4, -0.2) is 22.3 Å². The maximum Gasteiger partial charge on any atom is 0.256 e. The second-order valence-electron chi connectivity index (χ2n) is 3.96. The quantitative estimate of drug-likeness (QED) is 0.900. The number of thioether (sulfide) groups is 1. The maximum atomic E-state index is 12.1. The zero-order valence-corrected chi connectivity index (χ0v) is 11.3. The van der Waals surface area contributed by atoms with Crippen molar-refractivity contribution in [3.63, 3.8) is 0 Å². The largest absolute Gasteiger partial charge is 0.504 e. The topological polar surface area (TPSA) is 62.2 Å². The molecule has 0 spiro atoms. The normalized spacial score (nSPS) is 10.2. The van der Waals surface area contributed by atoms with Crippen molar-refractivity contribution in [1.82, 2.24) is 4.98 Å². The van der Waals surface area contributed by atoms with Gasteiger partial charge in [-0.15, -0.1) is 0 Å². The van der Waals surface area contributed by atoms with Crippen LogP contribution in [0.5, 0.6) is 5.75 Å². The van der Waals surface area contributed by atoms with E-state index in [4.69, 9.17) is 0 Å². The number of aromatic nitrogens is 1. The molecule has 0 atom stereocenters. The predicted molar refractivity (Wildman–Crippen MR) is 77.5 cm³/mol. The molecule has 0 saturated carbocycles. The third kappa shape index (κ3) is 3.48. The lowest BCUT2D eigenvalue weighted by atomic mass is 10.1. The fourth-order valence-electron chi connectivity index (χ4n) is 1.64. The number of aromatic hydroxyl groups is 1. The van der Waals surface area contributed by atoms with Gasteiger partial charge in [-0.25, -0.2) is 4.98 Å². The van der Waals surface area contributed by atoms with E-state index in [1.165, 1.54) is 12.3 Å². The van der Waals surface area contributed by atoms with Crippen LogP contribution in [0, 0.1) is 0 Å². The summed E-state index contributed by atoms with van der Waals surface area (Å²) in [6.07, 6.45) is 3.53. The molecule has 0 fully saturated rings. The molecule has 0 aliphatic rings. The van der Waals surface area contributed by atoms with E-state index in [0.29, 0.717) is 5.56 Å². The lowest BCUT2D eigenvalue weighted by Crippen LogP contribution is -2.13. The van der Waals surface area contributed by atoms with Crippen LogP contribution in [0.3, 0.4) is 0 Å². The fraction of sp³-hybridized carbons (Fsp3) is 0.143. The number of hydrogen-bond acceptors (Lipinski definition) is 4. The Bertz CT molecular complexity index is 587. The van der Waals surface area contributed by atoms with E-state index >= 15 is 0 Å². The van der Waals surface area contributed by atoms with E-state index in [-0.39, 0.29) is 17.5 Å². The van der Waals surface area contributed by atoms with Crippen LogP contribution in [0.25, 0.3) is 0 Å². The summed E-state index contributed by atoms with van der Waals surface area (Å²) in [5.41, 5.74) is 1.64. The van der Waals surface area contributed by atoms with E-state index in [1.807, 2.05) is 24.5 Å². The van der Waals surface area contributed by atoms with Crippen LogP contribution in [-0.2, 0) is 5.75 Å². The van der Waals surface area contributed by atoms with Crippen molar-refractivity contribution in [3.8, 4) is 5.75 Å². The van der Waals surface area contributed by atoms with Gasteiger partial charge in [0, 0.05) is 17.5 Å². The van der Waals surface area contributed by atoms with Crippen molar-refractivity contribution in [2.75, 3.05) is 11.6 Å². The molecule has 0 unspecified atom stereocenters. The van der Waals surface area contributed by atoms with Gasteiger partial charge in [0.15, 0.2) is 11.6 Å². The van der Waals surface area contributed by atoms with Crippen molar-refractivity contribution < 1.29 is 9.90 Å². The highest BCUT2D eigenvalue weighted by Crippen LogP contribution is 2.19. The minimum absolute atomic E-state index is 0.0453. The van der Waals surface area contributed by atoms with Crippen LogP contribution in [0.2, 0.25) is 0 Å². The van der Waals surface area contributed by atoms with Gasteiger partial charge in [0.2, 0.25) is 0 Å². The van der Waals surface area contributed by atoms with Crippen molar-refractivity contribution in [1.29, 1.82) is 0 Å². The van der Waals surface area contributed by atoms with E-state index in [2.05, 4.69) is 10.3 Å². The first-order valence-corrected chi connectivity index (χ1v) is 7.13. The number of amides is 1. The van der Waals surface area contributed by atoms with Gasteiger partial charge in [-0.05, 0) is 36.1 Å². The minimum atomic E-state index is -0.281. The van der Waals surface area contributed by atoms with Crippen LogP contribution in [0.4, 0.5) is 5.82 Å². The second kappa shape index (κ2) is 6.24. The van der Waals surface area contributed by atoms with Gasteiger partial charge < -0.3 is 10.4 Å².